The summed E-state index contributed by atoms with van der Waals surface area (Å²) in [6, 6.07) is 5.38. The van der Waals surface area contributed by atoms with Crippen molar-refractivity contribution >= 4 is 43.8 Å². The molecule has 0 bridgehead atoms. The van der Waals surface area contributed by atoms with Gasteiger partial charge in [0, 0.05) is 25.7 Å². The van der Waals surface area contributed by atoms with Gasteiger partial charge in [0.2, 0.25) is 11.0 Å². The van der Waals surface area contributed by atoms with Gasteiger partial charge in [0.15, 0.2) is 0 Å². The van der Waals surface area contributed by atoms with Crippen molar-refractivity contribution in [2.24, 2.45) is 0 Å². The number of aromatic nitrogens is 2. The first-order valence-electron chi connectivity index (χ1n) is 7.96. The lowest BCUT2D eigenvalue weighted by molar-refractivity contribution is -0.114. The smallest absolute Gasteiger partial charge is 0.291 e. The lowest BCUT2D eigenvalue weighted by Crippen LogP contribution is -2.18. The third kappa shape index (κ3) is 4.05. The summed E-state index contributed by atoms with van der Waals surface area (Å²) in [6.07, 6.45) is 2.23. The minimum Gasteiger partial charge on any atom is -0.495 e. The molecule has 1 aliphatic rings. The van der Waals surface area contributed by atoms with E-state index in [0.717, 1.165) is 43.0 Å². The summed E-state index contributed by atoms with van der Waals surface area (Å²) < 4.78 is 32.8. The molecule has 1 fully saturated rings. The van der Waals surface area contributed by atoms with Gasteiger partial charge in [0.1, 0.15) is 5.75 Å². The van der Waals surface area contributed by atoms with Crippen LogP contribution >= 0.6 is 11.3 Å². The Balaban J connectivity index is 1.87. The Morgan fingerprint density at radius 2 is 2.00 bits per heavy atom. The van der Waals surface area contributed by atoms with Crippen molar-refractivity contribution in [1.29, 1.82) is 0 Å². The van der Waals surface area contributed by atoms with Gasteiger partial charge in [-0.15, -0.1) is 10.2 Å². The molecule has 3 rings (SSSR count). The lowest BCUT2D eigenvalue weighted by Gasteiger charge is -2.20. The highest BCUT2D eigenvalue weighted by molar-refractivity contribution is 7.94. The normalized spacial score (nSPS) is 14.3. The molecule has 0 saturated carbocycles. The van der Waals surface area contributed by atoms with Gasteiger partial charge in [-0.05, 0) is 31.0 Å². The molecule has 140 valence electrons. The highest BCUT2D eigenvalue weighted by Gasteiger charge is 2.23. The fourth-order valence-corrected chi connectivity index (χ4v) is 4.66. The summed E-state index contributed by atoms with van der Waals surface area (Å²) in [5.41, 5.74) is 1.25. The number of ether oxygens (including phenoxy) is 1. The number of amides is 1. The minimum absolute atomic E-state index is 0.121. The Bertz CT molecular complexity index is 907. The number of benzene rings is 1. The van der Waals surface area contributed by atoms with Crippen LogP contribution in [0.25, 0.3) is 0 Å². The summed E-state index contributed by atoms with van der Waals surface area (Å²) in [7, 11) is -2.48. The lowest BCUT2D eigenvalue weighted by atomic mass is 10.2. The number of rotatable bonds is 6. The van der Waals surface area contributed by atoms with Gasteiger partial charge in [0.25, 0.3) is 14.4 Å². The minimum atomic E-state index is -3.96. The van der Waals surface area contributed by atoms with Crippen molar-refractivity contribution in [3.05, 3.63) is 18.2 Å². The van der Waals surface area contributed by atoms with Gasteiger partial charge in [0.05, 0.1) is 12.8 Å². The molecule has 1 amide bonds. The van der Waals surface area contributed by atoms with E-state index in [0.29, 0.717) is 11.4 Å². The number of nitrogens with zero attached hydrogens (tertiary/aromatic N) is 3. The van der Waals surface area contributed by atoms with E-state index in [1.165, 1.54) is 14.0 Å². The van der Waals surface area contributed by atoms with Crippen LogP contribution in [0.2, 0.25) is 0 Å². The van der Waals surface area contributed by atoms with Crippen LogP contribution in [0.3, 0.4) is 0 Å². The highest BCUT2D eigenvalue weighted by Crippen LogP contribution is 2.33. The molecule has 0 atom stereocenters. The number of hydrogen-bond acceptors (Lipinski definition) is 8. The van der Waals surface area contributed by atoms with E-state index in [1.807, 2.05) is 6.07 Å². The topological polar surface area (TPSA) is 114 Å². The van der Waals surface area contributed by atoms with E-state index in [2.05, 4.69) is 25.1 Å². The van der Waals surface area contributed by atoms with Gasteiger partial charge < -0.3 is 15.0 Å². The molecule has 1 aliphatic heterocycles. The average Bonchev–Trinajstić information content (AvgIpc) is 3.25. The molecule has 1 saturated heterocycles. The second kappa shape index (κ2) is 7.46. The van der Waals surface area contributed by atoms with E-state index in [-0.39, 0.29) is 15.4 Å². The zero-order valence-corrected chi connectivity index (χ0v) is 16.0. The quantitative estimate of drug-likeness (QED) is 0.716. The third-order valence-corrected chi connectivity index (χ3v) is 6.39. The highest BCUT2D eigenvalue weighted by atomic mass is 32.2. The summed E-state index contributed by atoms with van der Waals surface area (Å²) in [4.78, 5) is 13.2. The summed E-state index contributed by atoms with van der Waals surface area (Å²) in [5.74, 6) is 0.0566. The van der Waals surface area contributed by atoms with Gasteiger partial charge in [-0.3, -0.25) is 9.52 Å². The van der Waals surface area contributed by atoms with E-state index in [9.17, 15) is 13.2 Å². The first-order valence-corrected chi connectivity index (χ1v) is 10.3. The first-order chi connectivity index (χ1) is 12.4. The Morgan fingerprint density at radius 1 is 1.27 bits per heavy atom. The average molecular weight is 397 g/mol. The van der Waals surface area contributed by atoms with Crippen molar-refractivity contribution in [3.8, 4) is 5.75 Å². The summed E-state index contributed by atoms with van der Waals surface area (Å²) >= 11 is 0.775. The molecular formula is C15H19N5O4S2. The molecule has 2 N–H and O–H groups in total. The summed E-state index contributed by atoms with van der Waals surface area (Å²) in [6.45, 7) is 3.19. The van der Waals surface area contributed by atoms with E-state index in [4.69, 9.17) is 4.74 Å². The molecule has 9 nitrogen and oxygen atoms in total. The van der Waals surface area contributed by atoms with Crippen molar-refractivity contribution in [2.75, 3.05) is 35.1 Å². The standard InChI is InChI=1S/C15H19N5O4S2/c1-10(21)16-14-17-18-15(25-14)26(22,23)19-12-9-11(5-6-13(12)24-2)20-7-3-4-8-20/h5-6,9,19H,3-4,7-8H2,1-2H3,(H,16,17,21). The predicted molar refractivity (Wildman–Crippen MR) is 99.5 cm³/mol. The number of sulfonamides is 1. The maximum atomic E-state index is 12.6. The number of nitrogens with one attached hydrogen (secondary N) is 2. The Labute approximate surface area is 155 Å². The molecule has 0 aliphatic carbocycles. The zero-order chi connectivity index (χ0) is 18.7. The predicted octanol–water partition coefficient (Wildman–Crippen LogP) is 1.91. The summed E-state index contributed by atoms with van der Waals surface area (Å²) in [5, 5.41) is 9.84. The van der Waals surface area contributed by atoms with Crippen LogP contribution < -0.4 is 19.7 Å². The first kappa shape index (κ1) is 18.4. The molecule has 0 radical (unpaired) electrons. The fourth-order valence-electron chi connectivity index (χ4n) is 2.66. The molecule has 26 heavy (non-hydrogen) atoms. The van der Waals surface area contributed by atoms with Crippen LogP contribution in [0.15, 0.2) is 22.5 Å². The van der Waals surface area contributed by atoms with Crippen molar-refractivity contribution in [1.82, 2.24) is 10.2 Å². The van der Waals surface area contributed by atoms with Crippen LogP contribution in [0.4, 0.5) is 16.5 Å². The maximum Gasteiger partial charge on any atom is 0.291 e. The number of methoxy groups -OCH3 is 1. The van der Waals surface area contributed by atoms with Crippen molar-refractivity contribution in [3.63, 3.8) is 0 Å². The zero-order valence-electron chi connectivity index (χ0n) is 14.4. The second-order valence-corrected chi connectivity index (χ2v) is 8.57. The van der Waals surface area contributed by atoms with Gasteiger partial charge >= 0.3 is 0 Å². The molecule has 1 aromatic heterocycles. The molecule has 2 heterocycles. The number of hydrogen-bond donors (Lipinski definition) is 2. The Morgan fingerprint density at radius 3 is 2.65 bits per heavy atom. The monoisotopic (exact) mass is 397 g/mol. The molecule has 0 spiro atoms. The molecule has 1 aromatic carbocycles. The van der Waals surface area contributed by atoms with Gasteiger partial charge in [-0.1, -0.05) is 11.3 Å². The Kier molecular flexibility index (Phi) is 5.28. The largest absolute Gasteiger partial charge is 0.495 e. The molecular weight excluding hydrogens is 378 g/mol. The molecule has 11 heteroatoms. The van der Waals surface area contributed by atoms with E-state index < -0.39 is 10.0 Å². The third-order valence-electron chi connectivity index (χ3n) is 3.82. The van der Waals surface area contributed by atoms with Crippen molar-refractivity contribution in [2.45, 2.75) is 24.1 Å². The van der Waals surface area contributed by atoms with E-state index >= 15 is 0 Å². The van der Waals surface area contributed by atoms with Crippen LogP contribution in [-0.2, 0) is 14.8 Å². The van der Waals surface area contributed by atoms with Crippen LogP contribution in [0, 0.1) is 0 Å². The number of anilines is 3. The van der Waals surface area contributed by atoms with Crippen LogP contribution in [0.5, 0.6) is 5.75 Å². The maximum absolute atomic E-state index is 12.6. The SMILES string of the molecule is COc1ccc(N2CCCC2)cc1NS(=O)(=O)c1nnc(NC(C)=O)s1. The van der Waals surface area contributed by atoms with E-state index in [1.54, 1.807) is 12.1 Å². The van der Waals surface area contributed by atoms with Gasteiger partial charge in [-0.2, -0.15) is 8.42 Å². The van der Waals surface area contributed by atoms with Crippen LogP contribution in [-0.4, -0.2) is 44.7 Å². The molecule has 0 unspecified atom stereocenters. The van der Waals surface area contributed by atoms with Gasteiger partial charge in [-0.25, -0.2) is 0 Å². The van der Waals surface area contributed by atoms with Crippen molar-refractivity contribution < 1.29 is 17.9 Å². The number of carbonyl (C=O) groups excluding carboxylic acids is 1. The molecule has 2 aromatic rings. The fraction of sp³-hybridized carbons (Fsp3) is 0.400. The Hall–Kier alpha value is -2.40. The number of carbonyl (C=O) groups is 1. The van der Waals surface area contributed by atoms with Crippen LogP contribution in [0.1, 0.15) is 19.8 Å². The second-order valence-electron chi connectivity index (χ2n) is 5.74.